The number of aliphatic carboxylic acids is 3. The highest BCUT2D eigenvalue weighted by Gasteiger charge is 2.32. The maximum atomic E-state index is 12.6. The standard InChI is InChI=1S/C18H30N4O10/c1-3-8(2)14(17(30)20-10(18(31)32)4-5-12(24)25)22-16(29)11(7-23)21-15(28)9(19)6-13(26)27/h8-11,14,23H,3-7,19H2,1-2H3,(H,20,30)(H,21,28)(H,22,29)(H,24,25)(H,26,27)(H,31,32). The molecule has 5 unspecified atom stereocenters. The predicted molar refractivity (Wildman–Crippen MR) is 107 cm³/mol. The maximum Gasteiger partial charge on any atom is 0.326 e. The third-order valence-corrected chi connectivity index (χ3v) is 4.60. The Morgan fingerprint density at radius 2 is 1.41 bits per heavy atom. The Morgan fingerprint density at radius 1 is 0.844 bits per heavy atom. The number of aliphatic hydroxyl groups is 1. The van der Waals surface area contributed by atoms with E-state index in [1.54, 1.807) is 13.8 Å². The predicted octanol–water partition coefficient (Wildman–Crippen LogP) is -2.77. The van der Waals surface area contributed by atoms with Crippen molar-refractivity contribution in [2.75, 3.05) is 6.61 Å². The van der Waals surface area contributed by atoms with E-state index in [1.165, 1.54) is 0 Å². The Bertz CT molecular complexity index is 714. The summed E-state index contributed by atoms with van der Waals surface area (Å²) >= 11 is 0. The number of carboxylic acids is 3. The number of hydrogen-bond acceptors (Lipinski definition) is 8. The van der Waals surface area contributed by atoms with Gasteiger partial charge < -0.3 is 42.1 Å². The summed E-state index contributed by atoms with van der Waals surface area (Å²) in [5, 5.41) is 42.6. The number of hydrogen-bond donors (Lipinski definition) is 8. The Hall–Kier alpha value is -3.26. The Morgan fingerprint density at radius 3 is 1.84 bits per heavy atom. The minimum atomic E-state index is -1.55. The third kappa shape index (κ3) is 10.2. The lowest BCUT2D eigenvalue weighted by Crippen LogP contribution is -2.59. The van der Waals surface area contributed by atoms with Gasteiger partial charge in [-0.05, 0) is 12.3 Å². The number of carbonyl (C=O) groups excluding carboxylic acids is 3. The van der Waals surface area contributed by atoms with E-state index in [4.69, 9.17) is 15.9 Å². The number of rotatable bonds is 15. The molecule has 5 atom stereocenters. The first-order chi connectivity index (χ1) is 14.8. The minimum absolute atomic E-state index is 0.380. The lowest BCUT2D eigenvalue weighted by molar-refractivity contribution is -0.143. The van der Waals surface area contributed by atoms with Gasteiger partial charge in [0, 0.05) is 6.42 Å². The summed E-state index contributed by atoms with van der Waals surface area (Å²) in [6.07, 6.45) is -1.22. The Labute approximate surface area is 183 Å². The molecule has 0 aromatic rings. The van der Waals surface area contributed by atoms with Crippen LogP contribution >= 0.6 is 0 Å². The van der Waals surface area contributed by atoms with Crippen LogP contribution < -0.4 is 21.7 Å². The van der Waals surface area contributed by atoms with Crippen molar-refractivity contribution < 1.29 is 49.2 Å². The summed E-state index contributed by atoms with van der Waals surface area (Å²) in [4.78, 5) is 69.7. The van der Waals surface area contributed by atoms with E-state index < -0.39 is 85.2 Å². The molecule has 0 saturated carbocycles. The number of carbonyl (C=O) groups is 6. The molecule has 0 rings (SSSR count). The fraction of sp³-hybridized carbons (Fsp3) is 0.667. The largest absolute Gasteiger partial charge is 0.481 e. The van der Waals surface area contributed by atoms with Gasteiger partial charge in [0.15, 0.2) is 0 Å². The molecule has 3 amide bonds. The van der Waals surface area contributed by atoms with E-state index in [2.05, 4.69) is 16.0 Å². The van der Waals surface area contributed by atoms with E-state index in [0.717, 1.165) is 0 Å². The molecule has 0 aliphatic heterocycles. The molecule has 14 heteroatoms. The second kappa shape index (κ2) is 13.9. The summed E-state index contributed by atoms with van der Waals surface area (Å²) in [5.74, 6) is -7.44. The molecule has 0 aliphatic rings. The van der Waals surface area contributed by atoms with Crippen molar-refractivity contribution in [3.63, 3.8) is 0 Å². The topological polar surface area (TPSA) is 245 Å². The van der Waals surface area contributed by atoms with Crippen molar-refractivity contribution in [1.82, 2.24) is 16.0 Å². The zero-order valence-corrected chi connectivity index (χ0v) is 17.7. The van der Waals surface area contributed by atoms with E-state index in [9.17, 15) is 39.0 Å². The number of amides is 3. The lowest BCUT2D eigenvalue weighted by Gasteiger charge is -2.27. The van der Waals surface area contributed by atoms with E-state index in [-0.39, 0.29) is 6.42 Å². The van der Waals surface area contributed by atoms with Crippen LogP contribution in [0.5, 0.6) is 0 Å². The molecule has 0 aliphatic carbocycles. The average molecular weight is 462 g/mol. The zero-order chi connectivity index (χ0) is 25.0. The third-order valence-electron chi connectivity index (χ3n) is 4.60. The molecule has 32 heavy (non-hydrogen) atoms. The van der Waals surface area contributed by atoms with Crippen molar-refractivity contribution >= 4 is 35.6 Å². The van der Waals surface area contributed by atoms with Crippen LogP contribution in [0.4, 0.5) is 0 Å². The highest BCUT2D eigenvalue weighted by Crippen LogP contribution is 2.10. The normalized spacial score (nSPS) is 15.4. The molecule has 0 aromatic carbocycles. The number of aliphatic hydroxyl groups excluding tert-OH is 1. The fourth-order valence-electron chi connectivity index (χ4n) is 2.50. The number of carboxylic acid groups (broad SMARTS) is 3. The van der Waals surface area contributed by atoms with Gasteiger partial charge in [-0.1, -0.05) is 20.3 Å². The number of nitrogens with two attached hydrogens (primary N) is 1. The zero-order valence-electron chi connectivity index (χ0n) is 17.7. The van der Waals surface area contributed by atoms with Crippen molar-refractivity contribution in [3.8, 4) is 0 Å². The highest BCUT2D eigenvalue weighted by molar-refractivity contribution is 5.95. The number of nitrogens with one attached hydrogen (secondary N) is 3. The van der Waals surface area contributed by atoms with Crippen LogP contribution in [0.3, 0.4) is 0 Å². The molecule has 0 spiro atoms. The van der Waals surface area contributed by atoms with Gasteiger partial charge in [0.25, 0.3) is 0 Å². The monoisotopic (exact) mass is 462 g/mol. The first kappa shape index (κ1) is 28.7. The van der Waals surface area contributed by atoms with Crippen molar-refractivity contribution in [1.29, 1.82) is 0 Å². The maximum absolute atomic E-state index is 12.6. The molecular weight excluding hydrogens is 432 g/mol. The van der Waals surface area contributed by atoms with E-state index >= 15 is 0 Å². The van der Waals surface area contributed by atoms with Crippen LogP contribution in [-0.4, -0.2) is 86.8 Å². The summed E-state index contributed by atoms with van der Waals surface area (Å²) in [5.41, 5.74) is 5.41. The Balaban J connectivity index is 5.33. The minimum Gasteiger partial charge on any atom is -0.481 e. The first-order valence-corrected chi connectivity index (χ1v) is 9.77. The van der Waals surface area contributed by atoms with E-state index in [0.29, 0.717) is 6.42 Å². The smallest absolute Gasteiger partial charge is 0.326 e. The molecule has 0 heterocycles. The lowest BCUT2D eigenvalue weighted by atomic mass is 9.97. The molecule has 0 radical (unpaired) electrons. The van der Waals surface area contributed by atoms with Gasteiger partial charge in [-0.25, -0.2) is 4.79 Å². The molecule has 182 valence electrons. The molecule has 0 bridgehead atoms. The van der Waals surface area contributed by atoms with Crippen molar-refractivity contribution in [2.24, 2.45) is 11.7 Å². The van der Waals surface area contributed by atoms with Crippen LogP contribution in [0.2, 0.25) is 0 Å². The molecule has 9 N–H and O–H groups in total. The fourth-order valence-corrected chi connectivity index (χ4v) is 2.50. The van der Waals surface area contributed by atoms with Gasteiger partial charge >= 0.3 is 17.9 Å². The van der Waals surface area contributed by atoms with Gasteiger partial charge in [0.1, 0.15) is 18.1 Å². The summed E-state index contributed by atoms with van der Waals surface area (Å²) in [7, 11) is 0. The average Bonchev–Trinajstić information content (AvgIpc) is 2.70. The van der Waals surface area contributed by atoms with Crippen LogP contribution in [0.15, 0.2) is 0 Å². The SMILES string of the molecule is CCC(C)C(NC(=O)C(CO)NC(=O)C(N)CC(=O)O)C(=O)NC(CCC(=O)O)C(=O)O. The quantitative estimate of drug-likeness (QED) is 0.124. The van der Waals surface area contributed by atoms with Crippen LogP contribution in [0.25, 0.3) is 0 Å². The van der Waals surface area contributed by atoms with Gasteiger partial charge in [0.2, 0.25) is 17.7 Å². The molecule has 0 fully saturated rings. The molecule has 0 aromatic heterocycles. The van der Waals surface area contributed by atoms with E-state index in [1.807, 2.05) is 0 Å². The molecule has 14 nitrogen and oxygen atoms in total. The summed E-state index contributed by atoms with van der Waals surface area (Å²) in [6, 6.07) is -5.81. The van der Waals surface area contributed by atoms with Gasteiger partial charge in [-0.3, -0.25) is 24.0 Å². The van der Waals surface area contributed by atoms with Crippen LogP contribution in [0.1, 0.15) is 39.5 Å². The van der Waals surface area contributed by atoms with Gasteiger partial charge in [0.05, 0.1) is 19.1 Å². The second-order valence-corrected chi connectivity index (χ2v) is 7.15. The van der Waals surface area contributed by atoms with Gasteiger partial charge in [-0.15, -0.1) is 0 Å². The Kier molecular flexibility index (Phi) is 12.5. The van der Waals surface area contributed by atoms with Gasteiger partial charge in [-0.2, -0.15) is 0 Å². The second-order valence-electron chi connectivity index (χ2n) is 7.15. The summed E-state index contributed by atoms with van der Waals surface area (Å²) < 4.78 is 0. The van der Waals surface area contributed by atoms with Crippen molar-refractivity contribution in [2.45, 2.75) is 63.7 Å². The summed E-state index contributed by atoms with van der Waals surface area (Å²) in [6.45, 7) is 2.40. The highest BCUT2D eigenvalue weighted by atomic mass is 16.4. The molecule has 0 saturated heterocycles. The molecular formula is C18H30N4O10. The van der Waals surface area contributed by atoms with Crippen molar-refractivity contribution in [3.05, 3.63) is 0 Å². The first-order valence-electron chi connectivity index (χ1n) is 9.77. The van der Waals surface area contributed by atoms with Crippen LogP contribution in [0, 0.1) is 5.92 Å². The van der Waals surface area contributed by atoms with Crippen LogP contribution in [-0.2, 0) is 28.8 Å².